The highest BCUT2D eigenvalue weighted by Gasteiger charge is 2.12. The molecule has 3 heteroatoms. The fraction of sp³-hybridized carbons (Fsp3) is 0.348. The van der Waals surface area contributed by atoms with Crippen molar-refractivity contribution in [3.05, 3.63) is 76.9 Å². The molecule has 0 radical (unpaired) electrons. The summed E-state index contributed by atoms with van der Waals surface area (Å²) < 4.78 is 0. The molecule has 0 bridgehead atoms. The summed E-state index contributed by atoms with van der Waals surface area (Å²) in [5, 5.41) is 9.08. The van der Waals surface area contributed by atoms with E-state index in [4.69, 9.17) is 10.8 Å². The van der Waals surface area contributed by atoms with Crippen LogP contribution in [-0.4, -0.2) is 17.1 Å². The van der Waals surface area contributed by atoms with Crippen molar-refractivity contribution in [1.82, 2.24) is 0 Å². The summed E-state index contributed by atoms with van der Waals surface area (Å²) in [6.45, 7) is 8.68. The number of nitrogens with two attached hydrogens (primary N) is 1. The van der Waals surface area contributed by atoms with Gasteiger partial charge in [-0.05, 0) is 46.1 Å². The number of rotatable bonds is 7. The van der Waals surface area contributed by atoms with Crippen molar-refractivity contribution in [2.75, 3.05) is 0 Å². The Hall–Kier alpha value is -2.39. The molecular formula is C23H29NO2. The number of hydrogen-bond acceptors (Lipinski definition) is 2. The van der Waals surface area contributed by atoms with E-state index in [0.717, 1.165) is 16.7 Å². The van der Waals surface area contributed by atoms with Crippen molar-refractivity contribution >= 4 is 11.5 Å². The van der Waals surface area contributed by atoms with E-state index in [0.29, 0.717) is 18.3 Å². The Labute approximate surface area is 156 Å². The molecule has 2 rings (SSSR count). The van der Waals surface area contributed by atoms with E-state index in [-0.39, 0.29) is 0 Å². The Morgan fingerprint density at radius 2 is 1.27 bits per heavy atom. The number of carboxylic acids is 1. The van der Waals surface area contributed by atoms with Gasteiger partial charge in [0.15, 0.2) is 0 Å². The minimum atomic E-state index is -0.981. The minimum Gasteiger partial charge on any atom is -0.480 e. The van der Waals surface area contributed by atoms with Crippen LogP contribution < -0.4 is 5.73 Å². The van der Waals surface area contributed by atoms with Gasteiger partial charge in [-0.15, -0.1) is 0 Å². The van der Waals surface area contributed by atoms with Crippen LogP contribution in [0.3, 0.4) is 0 Å². The van der Waals surface area contributed by atoms with Crippen LogP contribution in [0.4, 0.5) is 0 Å². The van der Waals surface area contributed by atoms with Crippen molar-refractivity contribution in [2.45, 2.75) is 52.0 Å². The second kappa shape index (κ2) is 8.81. The zero-order valence-corrected chi connectivity index (χ0v) is 16.1. The van der Waals surface area contributed by atoms with Gasteiger partial charge >= 0.3 is 5.97 Å². The molecule has 0 aliphatic heterocycles. The zero-order valence-electron chi connectivity index (χ0n) is 16.1. The molecule has 0 fully saturated rings. The van der Waals surface area contributed by atoms with Gasteiger partial charge in [-0.3, -0.25) is 4.79 Å². The molecular weight excluding hydrogens is 322 g/mol. The second-order valence-electron chi connectivity index (χ2n) is 7.35. The molecule has 3 nitrogen and oxygen atoms in total. The first-order chi connectivity index (χ1) is 12.3. The topological polar surface area (TPSA) is 63.3 Å². The van der Waals surface area contributed by atoms with E-state index >= 15 is 0 Å². The fourth-order valence-corrected chi connectivity index (χ4v) is 2.84. The van der Waals surface area contributed by atoms with Gasteiger partial charge in [0, 0.05) is 0 Å². The first-order valence-corrected chi connectivity index (χ1v) is 9.18. The quantitative estimate of drug-likeness (QED) is 0.723. The van der Waals surface area contributed by atoms with E-state index in [2.05, 4.69) is 76.2 Å². The SMILES string of the molecule is CC(C)c1ccc(C(=CCC(N)C(=O)O)c2ccc(C(C)C)cc2)cc1. The number of carboxylic acid groups (broad SMARTS) is 1. The van der Waals surface area contributed by atoms with Crippen LogP contribution in [0.2, 0.25) is 0 Å². The molecule has 1 unspecified atom stereocenters. The molecule has 138 valence electrons. The smallest absolute Gasteiger partial charge is 0.320 e. The van der Waals surface area contributed by atoms with Crippen molar-refractivity contribution < 1.29 is 9.90 Å². The summed E-state index contributed by atoms with van der Waals surface area (Å²) in [7, 11) is 0. The third-order valence-corrected chi connectivity index (χ3v) is 4.67. The van der Waals surface area contributed by atoms with E-state index in [9.17, 15) is 4.79 Å². The van der Waals surface area contributed by atoms with Gasteiger partial charge in [-0.2, -0.15) is 0 Å². The van der Waals surface area contributed by atoms with Crippen LogP contribution in [0.1, 0.15) is 68.2 Å². The van der Waals surface area contributed by atoms with Crippen molar-refractivity contribution in [2.24, 2.45) is 5.73 Å². The first-order valence-electron chi connectivity index (χ1n) is 9.18. The Bertz CT molecular complexity index is 702. The van der Waals surface area contributed by atoms with Gasteiger partial charge in [-0.1, -0.05) is 82.3 Å². The number of aliphatic carboxylic acids is 1. The highest BCUT2D eigenvalue weighted by atomic mass is 16.4. The highest BCUT2D eigenvalue weighted by molar-refractivity contribution is 5.81. The summed E-state index contributed by atoms with van der Waals surface area (Å²) >= 11 is 0. The van der Waals surface area contributed by atoms with E-state index in [1.165, 1.54) is 11.1 Å². The lowest BCUT2D eigenvalue weighted by atomic mass is 9.92. The Kier molecular flexibility index (Phi) is 6.76. The second-order valence-corrected chi connectivity index (χ2v) is 7.35. The monoisotopic (exact) mass is 351 g/mol. The summed E-state index contributed by atoms with van der Waals surface area (Å²) in [6, 6.07) is 16.0. The maximum Gasteiger partial charge on any atom is 0.320 e. The Balaban J connectivity index is 2.41. The normalized spacial score (nSPS) is 12.3. The molecule has 0 spiro atoms. The lowest BCUT2D eigenvalue weighted by Gasteiger charge is -2.13. The lowest BCUT2D eigenvalue weighted by molar-refractivity contribution is -0.138. The molecule has 0 heterocycles. The average Bonchev–Trinajstić information content (AvgIpc) is 2.62. The van der Waals surface area contributed by atoms with Gasteiger partial charge in [0.25, 0.3) is 0 Å². The maximum absolute atomic E-state index is 11.1. The van der Waals surface area contributed by atoms with Crippen molar-refractivity contribution in [1.29, 1.82) is 0 Å². The fourth-order valence-electron chi connectivity index (χ4n) is 2.84. The van der Waals surface area contributed by atoms with Gasteiger partial charge in [-0.25, -0.2) is 0 Å². The van der Waals surface area contributed by atoms with Crippen LogP contribution in [0.5, 0.6) is 0 Å². The number of benzene rings is 2. The van der Waals surface area contributed by atoms with E-state index < -0.39 is 12.0 Å². The molecule has 2 aromatic rings. The van der Waals surface area contributed by atoms with Gasteiger partial charge < -0.3 is 10.8 Å². The predicted octanol–water partition coefficient (Wildman–Crippen LogP) is 5.17. The summed E-state index contributed by atoms with van der Waals surface area (Å²) in [6.07, 6.45) is 2.23. The van der Waals surface area contributed by atoms with Crippen LogP contribution in [0, 0.1) is 0 Å². The highest BCUT2D eigenvalue weighted by Crippen LogP contribution is 2.27. The van der Waals surface area contributed by atoms with Crippen LogP contribution >= 0.6 is 0 Å². The molecule has 2 aromatic carbocycles. The maximum atomic E-state index is 11.1. The standard InChI is InChI=1S/C23H29NO2/c1-15(2)17-5-9-19(10-6-17)21(13-14-22(24)23(25)26)20-11-7-18(8-12-20)16(3)4/h5-13,15-16,22H,14,24H2,1-4H3,(H,25,26). The zero-order chi connectivity index (χ0) is 19.3. The minimum absolute atomic E-state index is 0.294. The third kappa shape index (κ3) is 5.06. The molecule has 26 heavy (non-hydrogen) atoms. The lowest BCUT2D eigenvalue weighted by Crippen LogP contribution is -2.29. The largest absolute Gasteiger partial charge is 0.480 e. The van der Waals surface area contributed by atoms with Crippen LogP contribution in [0.25, 0.3) is 5.57 Å². The van der Waals surface area contributed by atoms with Crippen molar-refractivity contribution in [3.63, 3.8) is 0 Å². The summed E-state index contributed by atoms with van der Waals surface area (Å²) in [5.74, 6) is -0.0320. The van der Waals surface area contributed by atoms with Gasteiger partial charge in [0.05, 0.1) is 0 Å². The molecule has 0 amide bonds. The number of carbonyl (C=O) groups is 1. The Morgan fingerprint density at radius 1 is 0.885 bits per heavy atom. The molecule has 3 N–H and O–H groups in total. The number of hydrogen-bond donors (Lipinski definition) is 2. The molecule has 0 aromatic heterocycles. The summed E-state index contributed by atoms with van der Waals surface area (Å²) in [4.78, 5) is 11.1. The molecule has 0 aliphatic rings. The predicted molar refractivity (Wildman–Crippen MR) is 108 cm³/mol. The van der Waals surface area contributed by atoms with Crippen LogP contribution in [-0.2, 0) is 4.79 Å². The van der Waals surface area contributed by atoms with Gasteiger partial charge in [0.1, 0.15) is 6.04 Å². The van der Waals surface area contributed by atoms with Gasteiger partial charge in [0.2, 0.25) is 0 Å². The first kappa shape index (κ1) is 19.9. The summed E-state index contributed by atoms with van der Waals surface area (Å²) in [5.41, 5.74) is 11.4. The average molecular weight is 351 g/mol. The van der Waals surface area contributed by atoms with Crippen molar-refractivity contribution in [3.8, 4) is 0 Å². The third-order valence-electron chi connectivity index (χ3n) is 4.67. The molecule has 0 saturated carbocycles. The van der Waals surface area contributed by atoms with E-state index in [1.54, 1.807) is 0 Å². The van der Waals surface area contributed by atoms with E-state index in [1.807, 2.05) is 6.08 Å². The Morgan fingerprint density at radius 3 is 1.58 bits per heavy atom. The van der Waals surface area contributed by atoms with Crippen LogP contribution in [0.15, 0.2) is 54.6 Å². The molecule has 1 atom stereocenters. The molecule has 0 aliphatic carbocycles. The molecule has 0 saturated heterocycles.